The summed E-state index contributed by atoms with van der Waals surface area (Å²) in [6, 6.07) is 3.55. The standard InChI is InChI=1S/C11H14N2O2S/c1-8(14)12-10-5-4-9(16-10)11(15)13-6-2-3-7-13/h4-5H,2-3,6-7H2,1H3,(H,12,14). The molecule has 2 amide bonds. The summed E-state index contributed by atoms with van der Waals surface area (Å²) in [6.07, 6.45) is 2.19. The minimum Gasteiger partial charge on any atom is -0.338 e. The fraction of sp³-hybridized carbons (Fsp3) is 0.455. The number of amides is 2. The molecule has 0 saturated carbocycles. The van der Waals surface area contributed by atoms with Crippen molar-refractivity contribution in [3.05, 3.63) is 17.0 Å². The molecule has 1 fully saturated rings. The topological polar surface area (TPSA) is 49.4 Å². The van der Waals surface area contributed by atoms with Crippen LogP contribution in [0.2, 0.25) is 0 Å². The van der Waals surface area contributed by atoms with Gasteiger partial charge in [-0.15, -0.1) is 11.3 Å². The van der Waals surface area contributed by atoms with E-state index in [1.165, 1.54) is 18.3 Å². The van der Waals surface area contributed by atoms with Crippen LogP contribution in [0.25, 0.3) is 0 Å². The lowest BCUT2D eigenvalue weighted by atomic mass is 10.4. The first-order chi connectivity index (χ1) is 7.66. The number of hydrogen-bond acceptors (Lipinski definition) is 3. The van der Waals surface area contributed by atoms with Crippen molar-refractivity contribution >= 4 is 28.2 Å². The molecule has 2 rings (SSSR count). The van der Waals surface area contributed by atoms with Gasteiger partial charge in [0.2, 0.25) is 5.91 Å². The maximum atomic E-state index is 12.0. The number of carbonyl (C=O) groups is 2. The van der Waals surface area contributed by atoms with Crippen LogP contribution >= 0.6 is 11.3 Å². The maximum Gasteiger partial charge on any atom is 0.263 e. The van der Waals surface area contributed by atoms with E-state index in [1.54, 1.807) is 12.1 Å². The van der Waals surface area contributed by atoms with Gasteiger partial charge in [-0.3, -0.25) is 9.59 Å². The van der Waals surface area contributed by atoms with Gasteiger partial charge < -0.3 is 10.2 Å². The lowest BCUT2D eigenvalue weighted by Gasteiger charge is -2.13. The number of nitrogens with zero attached hydrogens (tertiary/aromatic N) is 1. The highest BCUT2D eigenvalue weighted by atomic mass is 32.1. The van der Waals surface area contributed by atoms with Crippen LogP contribution in [0.3, 0.4) is 0 Å². The highest BCUT2D eigenvalue weighted by Crippen LogP contribution is 2.24. The zero-order valence-electron chi connectivity index (χ0n) is 9.16. The second-order valence-corrected chi connectivity index (χ2v) is 4.93. The van der Waals surface area contributed by atoms with Gasteiger partial charge in [-0.2, -0.15) is 0 Å². The molecule has 1 N–H and O–H groups in total. The third-order valence-corrected chi connectivity index (χ3v) is 3.50. The van der Waals surface area contributed by atoms with Gasteiger partial charge in [-0.25, -0.2) is 0 Å². The van der Waals surface area contributed by atoms with Crippen molar-refractivity contribution in [3.63, 3.8) is 0 Å². The van der Waals surface area contributed by atoms with Gasteiger partial charge in [0, 0.05) is 20.0 Å². The van der Waals surface area contributed by atoms with E-state index in [4.69, 9.17) is 0 Å². The molecule has 0 unspecified atom stereocenters. The highest BCUT2D eigenvalue weighted by molar-refractivity contribution is 7.18. The summed E-state index contributed by atoms with van der Waals surface area (Å²) in [5.74, 6) is -0.0267. The number of nitrogens with one attached hydrogen (secondary N) is 1. The smallest absolute Gasteiger partial charge is 0.263 e. The van der Waals surface area contributed by atoms with Crippen molar-refractivity contribution in [2.24, 2.45) is 0 Å². The molecule has 1 saturated heterocycles. The molecule has 2 heterocycles. The Bertz CT molecular complexity index is 408. The molecule has 5 heteroatoms. The third kappa shape index (κ3) is 2.41. The molecule has 0 aromatic carbocycles. The van der Waals surface area contributed by atoms with Gasteiger partial charge >= 0.3 is 0 Å². The molecule has 0 aliphatic carbocycles. The second kappa shape index (κ2) is 4.65. The molecule has 0 bridgehead atoms. The number of likely N-dealkylation sites (tertiary alicyclic amines) is 1. The van der Waals surface area contributed by atoms with Crippen LogP contribution < -0.4 is 5.32 Å². The SMILES string of the molecule is CC(=O)Nc1ccc(C(=O)N2CCCC2)s1. The molecule has 0 radical (unpaired) electrons. The van der Waals surface area contributed by atoms with Gasteiger partial charge in [-0.05, 0) is 25.0 Å². The van der Waals surface area contributed by atoms with Crippen LogP contribution in [0.15, 0.2) is 12.1 Å². The van der Waals surface area contributed by atoms with Gasteiger partial charge in [0.25, 0.3) is 5.91 Å². The maximum absolute atomic E-state index is 12.0. The van der Waals surface area contributed by atoms with E-state index in [-0.39, 0.29) is 11.8 Å². The normalized spacial score (nSPS) is 15.2. The van der Waals surface area contributed by atoms with Crippen LogP contribution in [0, 0.1) is 0 Å². The second-order valence-electron chi connectivity index (χ2n) is 3.84. The first-order valence-electron chi connectivity index (χ1n) is 5.33. The summed E-state index contributed by atoms with van der Waals surface area (Å²) in [6.45, 7) is 3.17. The molecule has 16 heavy (non-hydrogen) atoms. The number of thiophene rings is 1. The van der Waals surface area contributed by atoms with Crippen molar-refractivity contribution in [2.45, 2.75) is 19.8 Å². The molecule has 0 spiro atoms. The molecule has 0 atom stereocenters. The van der Waals surface area contributed by atoms with E-state index in [1.807, 2.05) is 4.90 Å². The summed E-state index contributed by atoms with van der Waals surface area (Å²) in [5.41, 5.74) is 0. The van der Waals surface area contributed by atoms with Crippen molar-refractivity contribution < 1.29 is 9.59 Å². The summed E-state index contributed by atoms with van der Waals surface area (Å²) < 4.78 is 0. The predicted octanol–water partition coefficient (Wildman–Crippen LogP) is 1.94. The first kappa shape index (κ1) is 11.1. The zero-order valence-corrected chi connectivity index (χ0v) is 9.97. The Morgan fingerprint density at radius 1 is 1.31 bits per heavy atom. The lowest BCUT2D eigenvalue weighted by molar-refractivity contribution is -0.114. The van der Waals surface area contributed by atoms with E-state index in [2.05, 4.69) is 5.32 Å². The minimum atomic E-state index is -0.109. The van der Waals surface area contributed by atoms with E-state index in [0.29, 0.717) is 4.88 Å². The van der Waals surface area contributed by atoms with Gasteiger partial charge in [0.15, 0.2) is 0 Å². The molecule has 1 aliphatic rings. The predicted molar refractivity (Wildman–Crippen MR) is 63.8 cm³/mol. The number of anilines is 1. The summed E-state index contributed by atoms with van der Waals surface area (Å²) in [5, 5.41) is 3.41. The van der Waals surface area contributed by atoms with Gasteiger partial charge in [0.05, 0.1) is 9.88 Å². The summed E-state index contributed by atoms with van der Waals surface area (Å²) in [7, 11) is 0. The van der Waals surface area contributed by atoms with E-state index in [0.717, 1.165) is 30.9 Å². The van der Waals surface area contributed by atoms with E-state index < -0.39 is 0 Å². The molecule has 86 valence electrons. The Balaban J connectivity index is 2.05. The molecular weight excluding hydrogens is 224 g/mol. The fourth-order valence-corrected chi connectivity index (χ4v) is 2.69. The van der Waals surface area contributed by atoms with Crippen LogP contribution in [0.5, 0.6) is 0 Å². The van der Waals surface area contributed by atoms with Crippen LogP contribution in [-0.4, -0.2) is 29.8 Å². The van der Waals surface area contributed by atoms with Crippen LogP contribution in [0.4, 0.5) is 5.00 Å². The Labute approximate surface area is 98.3 Å². The minimum absolute atomic E-state index is 0.0825. The lowest BCUT2D eigenvalue weighted by Crippen LogP contribution is -2.26. The number of hydrogen-bond donors (Lipinski definition) is 1. The zero-order chi connectivity index (χ0) is 11.5. The Hall–Kier alpha value is -1.36. The Morgan fingerprint density at radius 2 is 2.00 bits per heavy atom. The highest BCUT2D eigenvalue weighted by Gasteiger charge is 2.20. The quantitative estimate of drug-likeness (QED) is 0.856. The molecule has 1 aromatic rings. The average Bonchev–Trinajstić information content (AvgIpc) is 2.84. The monoisotopic (exact) mass is 238 g/mol. The number of rotatable bonds is 2. The Morgan fingerprint density at radius 3 is 2.62 bits per heavy atom. The molecule has 1 aromatic heterocycles. The van der Waals surface area contributed by atoms with Gasteiger partial charge in [0.1, 0.15) is 0 Å². The van der Waals surface area contributed by atoms with Crippen molar-refractivity contribution in [1.29, 1.82) is 0 Å². The molecule has 4 nitrogen and oxygen atoms in total. The Kier molecular flexibility index (Phi) is 3.24. The first-order valence-corrected chi connectivity index (χ1v) is 6.15. The van der Waals surface area contributed by atoms with Crippen molar-refractivity contribution in [3.8, 4) is 0 Å². The van der Waals surface area contributed by atoms with E-state index in [9.17, 15) is 9.59 Å². The number of carbonyl (C=O) groups excluding carboxylic acids is 2. The van der Waals surface area contributed by atoms with Crippen molar-refractivity contribution in [1.82, 2.24) is 4.90 Å². The van der Waals surface area contributed by atoms with Crippen LogP contribution in [-0.2, 0) is 4.79 Å². The molecular formula is C11H14N2O2S. The fourth-order valence-electron chi connectivity index (χ4n) is 1.77. The average molecular weight is 238 g/mol. The third-order valence-electron chi connectivity index (χ3n) is 2.51. The van der Waals surface area contributed by atoms with Crippen molar-refractivity contribution in [2.75, 3.05) is 18.4 Å². The summed E-state index contributed by atoms with van der Waals surface area (Å²) in [4.78, 5) is 25.4. The van der Waals surface area contributed by atoms with Crippen LogP contribution in [0.1, 0.15) is 29.4 Å². The van der Waals surface area contributed by atoms with Gasteiger partial charge in [-0.1, -0.05) is 0 Å². The largest absolute Gasteiger partial charge is 0.338 e. The molecule has 1 aliphatic heterocycles. The summed E-state index contributed by atoms with van der Waals surface area (Å²) >= 11 is 1.33. The van der Waals surface area contributed by atoms with E-state index >= 15 is 0 Å².